The first kappa shape index (κ1) is 17.2. The largest absolute Gasteiger partial charge is 0.494 e. The van der Waals surface area contributed by atoms with Gasteiger partial charge in [0.15, 0.2) is 0 Å². The Bertz CT molecular complexity index is 384. The lowest BCUT2D eigenvalue weighted by Gasteiger charge is -2.16. The third-order valence-corrected chi connectivity index (χ3v) is 4.91. The molecule has 0 bridgehead atoms. The van der Waals surface area contributed by atoms with Crippen molar-refractivity contribution < 1.29 is 18.3 Å². The van der Waals surface area contributed by atoms with E-state index in [1.54, 1.807) is 0 Å². The highest BCUT2D eigenvalue weighted by atomic mass is 31.2. The number of hydrogen-bond acceptors (Lipinski definition) is 4. The minimum absolute atomic E-state index is 0.425. The fraction of sp³-hybridized carbons (Fsp3) is 0.600. The standard InChI is InChI=1S/C15H25O4P/c1-3-18-20(16,19-4-2)14-10-6-9-13-17-15-11-7-5-8-12-15/h5,7-8,11-12H,3-4,6,9-10,13-14H2,1-2H3. The fourth-order valence-electron chi connectivity index (χ4n) is 1.85. The van der Waals surface area contributed by atoms with E-state index in [1.165, 1.54) is 0 Å². The van der Waals surface area contributed by atoms with Crippen LogP contribution in [-0.2, 0) is 13.6 Å². The maximum Gasteiger partial charge on any atom is 0.330 e. The lowest BCUT2D eigenvalue weighted by atomic mass is 10.3. The molecule has 1 rings (SSSR count). The number of unbranched alkanes of at least 4 members (excludes halogenated alkanes) is 2. The monoisotopic (exact) mass is 300 g/mol. The molecule has 0 aliphatic rings. The molecule has 5 heteroatoms. The molecule has 20 heavy (non-hydrogen) atoms. The third kappa shape index (κ3) is 7.09. The van der Waals surface area contributed by atoms with Crippen LogP contribution in [0.1, 0.15) is 33.1 Å². The van der Waals surface area contributed by atoms with Crippen molar-refractivity contribution in [2.75, 3.05) is 26.0 Å². The van der Waals surface area contributed by atoms with E-state index in [2.05, 4.69) is 0 Å². The molecule has 0 heterocycles. The van der Waals surface area contributed by atoms with Gasteiger partial charge in [-0.2, -0.15) is 0 Å². The summed E-state index contributed by atoms with van der Waals surface area (Å²) >= 11 is 0. The van der Waals surface area contributed by atoms with Crippen LogP contribution in [0, 0.1) is 0 Å². The maximum atomic E-state index is 12.2. The van der Waals surface area contributed by atoms with Crippen LogP contribution in [0.3, 0.4) is 0 Å². The quantitative estimate of drug-likeness (QED) is 0.446. The Labute approximate surface area is 122 Å². The maximum absolute atomic E-state index is 12.2. The molecule has 0 radical (unpaired) electrons. The van der Waals surface area contributed by atoms with E-state index in [0.717, 1.165) is 25.0 Å². The van der Waals surface area contributed by atoms with Gasteiger partial charge in [-0.1, -0.05) is 18.2 Å². The summed E-state index contributed by atoms with van der Waals surface area (Å²) in [6, 6.07) is 9.76. The van der Waals surface area contributed by atoms with Crippen LogP contribution >= 0.6 is 7.60 Å². The molecule has 114 valence electrons. The zero-order chi connectivity index (χ0) is 14.7. The first-order valence-electron chi connectivity index (χ1n) is 7.26. The number of para-hydroxylation sites is 1. The normalized spacial score (nSPS) is 11.5. The van der Waals surface area contributed by atoms with Crippen molar-refractivity contribution in [3.8, 4) is 5.75 Å². The van der Waals surface area contributed by atoms with Crippen LogP contribution in [-0.4, -0.2) is 26.0 Å². The molecule has 0 amide bonds. The van der Waals surface area contributed by atoms with Crippen molar-refractivity contribution in [2.24, 2.45) is 0 Å². The van der Waals surface area contributed by atoms with E-state index in [-0.39, 0.29) is 0 Å². The summed E-state index contributed by atoms with van der Waals surface area (Å²) in [5.74, 6) is 0.891. The summed E-state index contributed by atoms with van der Waals surface area (Å²) in [4.78, 5) is 0. The van der Waals surface area contributed by atoms with E-state index in [1.807, 2.05) is 44.2 Å². The van der Waals surface area contributed by atoms with E-state index in [9.17, 15) is 4.57 Å². The van der Waals surface area contributed by atoms with Crippen molar-refractivity contribution in [3.63, 3.8) is 0 Å². The van der Waals surface area contributed by atoms with E-state index < -0.39 is 7.60 Å². The van der Waals surface area contributed by atoms with Gasteiger partial charge in [0.05, 0.1) is 26.0 Å². The average Bonchev–Trinajstić information content (AvgIpc) is 2.44. The molecule has 0 aliphatic carbocycles. The Morgan fingerprint density at radius 2 is 1.60 bits per heavy atom. The Hall–Kier alpha value is -0.830. The molecule has 1 aromatic carbocycles. The highest BCUT2D eigenvalue weighted by Gasteiger charge is 2.22. The summed E-state index contributed by atoms with van der Waals surface area (Å²) in [6.45, 7) is 5.19. The van der Waals surface area contributed by atoms with Crippen molar-refractivity contribution in [1.82, 2.24) is 0 Å². The number of benzene rings is 1. The molecule has 0 N–H and O–H groups in total. The van der Waals surface area contributed by atoms with Crippen LogP contribution in [0.2, 0.25) is 0 Å². The summed E-state index contributed by atoms with van der Waals surface area (Å²) in [5.41, 5.74) is 0. The second kappa shape index (κ2) is 9.98. The molecule has 0 saturated heterocycles. The Kier molecular flexibility index (Phi) is 8.59. The average molecular weight is 300 g/mol. The molecular weight excluding hydrogens is 275 g/mol. The highest BCUT2D eigenvalue weighted by molar-refractivity contribution is 7.53. The van der Waals surface area contributed by atoms with Crippen LogP contribution in [0.5, 0.6) is 5.75 Å². The van der Waals surface area contributed by atoms with Gasteiger partial charge in [-0.15, -0.1) is 0 Å². The van der Waals surface area contributed by atoms with Crippen molar-refractivity contribution >= 4 is 7.60 Å². The predicted octanol–water partition coefficient (Wildman–Crippen LogP) is 4.50. The Morgan fingerprint density at radius 3 is 2.20 bits per heavy atom. The molecule has 0 aliphatic heterocycles. The van der Waals surface area contributed by atoms with E-state index in [4.69, 9.17) is 13.8 Å². The predicted molar refractivity (Wildman–Crippen MR) is 81.5 cm³/mol. The molecule has 0 unspecified atom stereocenters. The molecular formula is C15H25O4P. The molecule has 0 fully saturated rings. The molecule has 0 saturated carbocycles. The first-order chi connectivity index (χ1) is 9.70. The van der Waals surface area contributed by atoms with E-state index >= 15 is 0 Å². The van der Waals surface area contributed by atoms with Crippen LogP contribution < -0.4 is 4.74 Å². The highest BCUT2D eigenvalue weighted by Crippen LogP contribution is 2.48. The summed E-state index contributed by atoms with van der Waals surface area (Å²) in [5, 5.41) is 0. The number of hydrogen-bond donors (Lipinski definition) is 0. The smallest absolute Gasteiger partial charge is 0.330 e. The van der Waals surface area contributed by atoms with Crippen LogP contribution in [0.15, 0.2) is 30.3 Å². The zero-order valence-electron chi connectivity index (χ0n) is 12.4. The zero-order valence-corrected chi connectivity index (χ0v) is 13.3. The van der Waals surface area contributed by atoms with Crippen molar-refractivity contribution in [3.05, 3.63) is 30.3 Å². The minimum Gasteiger partial charge on any atom is -0.494 e. The second-order valence-electron chi connectivity index (χ2n) is 4.39. The second-order valence-corrected chi connectivity index (χ2v) is 6.58. The lowest BCUT2D eigenvalue weighted by molar-refractivity contribution is 0.219. The van der Waals surface area contributed by atoms with Gasteiger partial charge in [-0.25, -0.2) is 0 Å². The first-order valence-corrected chi connectivity index (χ1v) is 8.99. The molecule has 0 atom stereocenters. The van der Waals surface area contributed by atoms with Gasteiger partial charge >= 0.3 is 7.60 Å². The molecule has 1 aromatic rings. The minimum atomic E-state index is -2.87. The Morgan fingerprint density at radius 1 is 0.950 bits per heavy atom. The third-order valence-electron chi connectivity index (χ3n) is 2.74. The topological polar surface area (TPSA) is 44.8 Å². The fourth-order valence-corrected chi connectivity index (χ4v) is 3.58. The van der Waals surface area contributed by atoms with Crippen molar-refractivity contribution in [1.29, 1.82) is 0 Å². The van der Waals surface area contributed by atoms with Crippen LogP contribution in [0.4, 0.5) is 0 Å². The van der Waals surface area contributed by atoms with Gasteiger partial charge in [0.25, 0.3) is 0 Å². The van der Waals surface area contributed by atoms with Gasteiger partial charge in [0.2, 0.25) is 0 Å². The van der Waals surface area contributed by atoms with Gasteiger partial charge in [0, 0.05) is 0 Å². The SMILES string of the molecule is CCOP(=O)(CCCCCOc1ccccc1)OCC. The summed E-state index contributed by atoms with van der Waals surface area (Å²) in [6.07, 6.45) is 3.21. The van der Waals surface area contributed by atoms with Crippen LogP contribution in [0.25, 0.3) is 0 Å². The van der Waals surface area contributed by atoms with Gasteiger partial charge in [-0.05, 0) is 45.2 Å². The Balaban J connectivity index is 2.13. The number of ether oxygens (including phenoxy) is 1. The van der Waals surface area contributed by atoms with Gasteiger partial charge in [-0.3, -0.25) is 4.57 Å². The summed E-state index contributed by atoms with van der Waals surface area (Å²) in [7, 11) is -2.87. The van der Waals surface area contributed by atoms with Gasteiger partial charge in [0.1, 0.15) is 5.75 Å². The van der Waals surface area contributed by atoms with Crippen molar-refractivity contribution in [2.45, 2.75) is 33.1 Å². The number of rotatable bonds is 11. The molecule has 0 spiro atoms. The van der Waals surface area contributed by atoms with Gasteiger partial charge < -0.3 is 13.8 Å². The molecule has 0 aromatic heterocycles. The summed E-state index contributed by atoms with van der Waals surface area (Å²) < 4.78 is 28.3. The molecule has 4 nitrogen and oxygen atoms in total. The van der Waals surface area contributed by atoms with E-state index in [0.29, 0.717) is 26.0 Å². The lowest BCUT2D eigenvalue weighted by Crippen LogP contribution is -2.02.